The monoisotopic (exact) mass is 383 g/mol. The molecule has 1 amide bonds. The number of nitrogens with zero attached hydrogens (tertiary/aromatic N) is 4. The summed E-state index contributed by atoms with van der Waals surface area (Å²) in [6.45, 7) is 1.75. The predicted molar refractivity (Wildman–Crippen MR) is 103 cm³/mol. The van der Waals surface area contributed by atoms with Crippen molar-refractivity contribution in [3.8, 4) is 0 Å². The van der Waals surface area contributed by atoms with Gasteiger partial charge in [0.1, 0.15) is 12.4 Å². The van der Waals surface area contributed by atoms with E-state index in [2.05, 4.69) is 15.4 Å². The predicted octanol–water partition coefficient (Wildman–Crippen LogP) is 3.02. The van der Waals surface area contributed by atoms with Crippen LogP contribution in [0.2, 0.25) is 0 Å². The lowest BCUT2D eigenvalue weighted by atomic mass is 9.89. The van der Waals surface area contributed by atoms with Crippen molar-refractivity contribution in [1.29, 1.82) is 0 Å². The number of hydrogen-bond acceptors (Lipinski definition) is 4. The number of halogens is 1. The van der Waals surface area contributed by atoms with Gasteiger partial charge in [0.15, 0.2) is 5.82 Å². The molecular formula is C20H22FN5O2. The Hall–Kier alpha value is -3.03. The standard InChI is InChI=1S/C20H22FN5O2/c1-13-11-18(28)26-20(23-19(24-26)14-5-3-2-4-6-14)25(13)12-17(27)22-16-9-7-15(21)8-10-16/h7-11,14H,2-6,12H2,1H3,(H,22,27). The smallest absolute Gasteiger partial charge is 0.275 e. The number of nitrogens with one attached hydrogen (secondary N) is 1. The highest BCUT2D eigenvalue weighted by Crippen LogP contribution is 2.30. The number of rotatable bonds is 4. The molecule has 1 aliphatic rings. The van der Waals surface area contributed by atoms with Crippen LogP contribution >= 0.6 is 0 Å². The molecule has 1 aromatic carbocycles. The molecule has 0 saturated heterocycles. The third kappa shape index (κ3) is 3.67. The van der Waals surface area contributed by atoms with E-state index in [1.165, 1.54) is 41.3 Å². The van der Waals surface area contributed by atoms with Crippen LogP contribution in [0.1, 0.15) is 49.5 Å². The Labute approximate surface area is 161 Å². The normalized spacial score (nSPS) is 15.1. The SMILES string of the molecule is Cc1cc(=O)n2nc(C3CCCCC3)nc2n1CC(=O)Nc1ccc(F)cc1. The molecule has 4 rings (SSSR count). The van der Waals surface area contributed by atoms with E-state index in [1.807, 2.05) is 0 Å². The molecule has 1 fully saturated rings. The summed E-state index contributed by atoms with van der Waals surface area (Å²) in [7, 11) is 0. The highest BCUT2D eigenvalue weighted by molar-refractivity contribution is 5.90. The number of hydrogen-bond donors (Lipinski definition) is 1. The Morgan fingerprint density at radius 1 is 1.21 bits per heavy atom. The van der Waals surface area contributed by atoms with Crippen molar-refractivity contribution in [3.05, 3.63) is 58.0 Å². The second-order valence-corrected chi connectivity index (χ2v) is 7.28. The third-order valence-corrected chi connectivity index (χ3v) is 5.21. The maximum Gasteiger partial charge on any atom is 0.275 e. The van der Waals surface area contributed by atoms with Gasteiger partial charge >= 0.3 is 0 Å². The van der Waals surface area contributed by atoms with Crippen LogP contribution in [0.3, 0.4) is 0 Å². The quantitative estimate of drug-likeness (QED) is 0.751. The van der Waals surface area contributed by atoms with Gasteiger partial charge in [-0.2, -0.15) is 9.50 Å². The molecule has 28 heavy (non-hydrogen) atoms. The van der Waals surface area contributed by atoms with E-state index in [9.17, 15) is 14.0 Å². The summed E-state index contributed by atoms with van der Waals surface area (Å²) in [6.07, 6.45) is 5.55. The molecule has 1 aliphatic carbocycles. The van der Waals surface area contributed by atoms with Crippen molar-refractivity contribution in [1.82, 2.24) is 19.2 Å². The van der Waals surface area contributed by atoms with Crippen LogP contribution < -0.4 is 10.9 Å². The van der Waals surface area contributed by atoms with E-state index in [1.54, 1.807) is 11.5 Å². The second-order valence-electron chi connectivity index (χ2n) is 7.28. The van der Waals surface area contributed by atoms with E-state index in [4.69, 9.17) is 0 Å². The zero-order chi connectivity index (χ0) is 19.7. The Bertz CT molecular complexity index is 1060. The molecule has 1 N–H and O–H groups in total. The third-order valence-electron chi connectivity index (χ3n) is 5.21. The van der Waals surface area contributed by atoms with Crippen molar-refractivity contribution in [2.24, 2.45) is 0 Å². The molecule has 0 aliphatic heterocycles. The van der Waals surface area contributed by atoms with Crippen LogP contribution in [0.4, 0.5) is 10.1 Å². The Balaban J connectivity index is 1.63. The minimum absolute atomic E-state index is 0.0181. The molecule has 0 bridgehead atoms. The van der Waals surface area contributed by atoms with Gasteiger partial charge in [0.05, 0.1) is 0 Å². The first kappa shape index (κ1) is 18.3. The summed E-state index contributed by atoms with van der Waals surface area (Å²) in [5, 5.41) is 7.17. The average molecular weight is 383 g/mol. The lowest BCUT2D eigenvalue weighted by Gasteiger charge is -2.17. The summed E-state index contributed by atoms with van der Waals surface area (Å²) >= 11 is 0. The van der Waals surface area contributed by atoms with E-state index < -0.39 is 0 Å². The van der Waals surface area contributed by atoms with E-state index in [-0.39, 0.29) is 29.7 Å². The van der Waals surface area contributed by atoms with Gasteiger partial charge in [-0.1, -0.05) is 19.3 Å². The second kappa shape index (κ2) is 7.53. The summed E-state index contributed by atoms with van der Waals surface area (Å²) in [5.41, 5.74) is 0.886. The molecule has 1 saturated carbocycles. The molecule has 0 atom stereocenters. The number of anilines is 1. The summed E-state index contributed by atoms with van der Waals surface area (Å²) in [4.78, 5) is 29.5. The van der Waals surface area contributed by atoms with Crippen LogP contribution in [0.5, 0.6) is 0 Å². The van der Waals surface area contributed by atoms with Gasteiger partial charge in [0.25, 0.3) is 5.56 Å². The van der Waals surface area contributed by atoms with Crippen molar-refractivity contribution in [3.63, 3.8) is 0 Å². The van der Waals surface area contributed by atoms with E-state index >= 15 is 0 Å². The van der Waals surface area contributed by atoms with Crippen molar-refractivity contribution >= 4 is 17.4 Å². The molecule has 146 valence electrons. The maximum absolute atomic E-state index is 13.0. The minimum atomic E-state index is -0.366. The average Bonchev–Trinajstić information content (AvgIpc) is 3.14. The fraction of sp³-hybridized carbons (Fsp3) is 0.400. The topological polar surface area (TPSA) is 81.3 Å². The number of amides is 1. The van der Waals surface area contributed by atoms with Crippen LogP contribution in [-0.2, 0) is 11.3 Å². The zero-order valence-corrected chi connectivity index (χ0v) is 15.7. The number of aryl methyl sites for hydroxylation is 1. The van der Waals surface area contributed by atoms with Gasteiger partial charge in [0, 0.05) is 23.4 Å². The van der Waals surface area contributed by atoms with Crippen LogP contribution in [0, 0.1) is 12.7 Å². The van der Waals surface area contributed by atoms with Crippen molar-refractivity contribution in [2.75, 3.05) is 5.32 Å². The van der Waals surface area contributed by atoms with Gasteiger partial charge in [-0.25, -0.2) is 4.39 Å². The molecule has 2 heterocycles. The van der Waals surface area contributed by atoms with Gasteiger partial charge in [-0.3, -0.25) is 9.59 Å². The maximum atomic E-state index is 13.0. The van der Waals surface area contributed by atoms with Crippen LogP contribution in [-0.4, -0.2) is 25.1 Å². The highest BCUT2D eigenvalue weighted by Gasteiger charge is 2.22. The first-order valence-electron chi connectivity index (χ1n) is 9.54. The molecule has 0 radical (unpaired) electrons. The Morgan fingerprint density at radius 2 is 1.93 bits per heavy atom. The molecule has 7 nitrogen and oxygen atoms in total. The lowest BCUT2D eigenvalue weighted by molar-refractivity contribution is -0.116. The van der Waals surface area contributed by atoms with Crippen molar-refractivity contribution < 1.29 is 9.18 Å². The first-order chi connectivity index (χ1) is 13.5. The number of carbonyl (C=O) groups is 1. The van der Waals surface area contributed by atoms with Gasteiger partial charge in [-0.15, -0.1) is 5.10 Å². The molecule has 3 aromatic rings. The number of carbonyl (C=O) groups excluding carboxylic acids is 1. The van der Waals surface area contributed by atoms with Gasteiger partial charge in [-0.05, 0) is 44.0 Å². The minimum Gasteiger partial charge on any atom is -0.325 e. The van der Waals surface area contributed by atoms with Gasteiger partial charge in [0.2, 0.25) is 11.7 Å². The number of benzene rings is 1. The first-order valence-corrected chi connectivity index (χ1v) is 9.54. The Morgan fingerprint density at radius 3 is 2.64 bits per heavy atom. The lowest BCUT2D eigenvalue weighted by Crippen LogP contribution is -2.25. The number of aromatic nitrogens is 4. The molecular weight excluding hydrogens is 361 g/mol. The summed E-state index contributed by atoms with van der Waals surface area (Å²) in [5.74, 6) is 0.655. The molecule has 0 spiro atoms. The highest BCUT2D eigenvalue weighted by atomic mass is 19.1. The summed E-state index contributed by atoms with van der Waals surface area (Å²) in [6, 6.07) is 7.02. The van der Waals surface area contributed by atoms with Crippen LogP contribution in [0.25, 0.3) is 5.78 Å². The van der Waals surface area contributed by atoms with E-state index in [0.717, 1.165) is 25.7 Å². The van der Waals surface area contributed by atoms with Gasteiger partial charge < -0.3 is 9.88 Å². The van der Waals surface area contributed by atoms with Crippen molar-refractivity contribution in [2.45, 2.75) is 51.5 Å². The fourth-order valence-corrected chi connectivity index (χ4v) is 3.72. The molecule has 2 aromatic heterocycles. The molecule has 8 heteroatoms. The van der Waals surface area contributed by atoms with E-state index in [0.29, 0.717) is 23.0 Å². The largest absolute Gasteiger partial charge is 0.325 e. The molecule has 0 unspecified atom stereocenters. The summed E-state index contributed by atoms with van der Waals surface area (Å²) < 4.78 is 16.0. The number of fused-ring (bicyclic) bond motifs is 1. The van der Waals surface area contributed by atoms with Crippen LogP contribution in [0.15, 0.2) is 35.1 Å². The zero-order valence-electron chi connectivity index (χ0n) is 15.7. The fourth-order valence-electron chi connectivity index (χ4n) is 3.72. The Kier molecular flexibility index (Phi) is 4.93.